The highest BCUT2D eigenvalue weighted by atomic mass is 32.2. The molecule has 2 atom stereocenters. The van der Waals surface area contributed by atoms with Gasteiger partial charge in [0.25, 0.3) is 11.8 Å². The Kier molecular flexibility index (Phi) is 4.74. The van der Waals surface area contributed by atoms with Gasteiger partial charge in [-0.25, -0.2) is 0 Å². The Morgan fingerprint density at radius 1 is 1.00 bits per heavy atom. The molecule has 1 saturated heterocycles. The van der Waals surface area contributed by atoms with Gasteiger partial charge in [-0.1, -0.05) is 27.7 Å². The Hall–Kier alpha value is -1.16. The van der Waals surface area contributed by atoms with E-state index in [2.05, 4.69) is 4.28 Å². The maximum absolute atomic E-state index is 12.3. The first-order valence-electron chi connectivity index (χ1n) is 6.20. The lowest BCUT2D eigenvalue weighted by Gasteiger charge is -2.20. The maximum atomic E-state index is 12.3. The highest BCUT2D eigenvalue weighted by Gasteiger charge is 2.56. The van der Waals surface area contributed by atoms with E-state index in [1.165, 1.54) is 0 Å². The van der Waals surface area contributed by atoms with Crippen molar-refractivity contribution < 1.29 is 35.5 Å². The molecule has 6 nitrogen and oxygen atoms in total. The van der Waals surface area contributed by atoms with Gasteiger partial charge in [0.15, 0.2) is 0 Å². The predicted molar refractivity (Wildman–Crippen MR) is 64.6 cm³/mol. The van der Waals surface area contributed by atoms with Crippen molar-refractivity contribution in [1.29, 1.82) is 0 Å². The first kappa shape index (κ1) is 17.9. The van der Waals surface area contributed by atoms with Gasteiger partial charge in [0.05, 0.1) is 11.8 Å². The number of nitrogens with zero attached hydrogens (tertiary/aromatic N) is 1. The van der Waals surface area contributed by atoms with Crippen LogP contribution in [0.15, 0.2) is 0 Å². The molecule has 0 aromatic rings. The van der Waals surface area contributed by atoms with Crippen LogP contribution in [0.5, 0.6) is 0 Å². The summed E-state index contributed by atoms with van der Waals surface area (Å²) < 4.78 is 62.5. The van der Waals surface area contributed by atoms with Gasteiger partial charge < -0.3 is 0 Å². The zero-order valence-corrected chi connectivity index (χ0v) is 12.7. The second-order valence-corrected chi connectivity index (χ2v) is 7.01. The van der Waals surface area contributed by atoms with Crippen molar-refractivity contribution in [3.8, 4) is 0 Å². The van der Waals surface area contributed by atoms with Crippen LogP contribution in [-0.2, 0) is 24.0 Å². The minimum atomic E-state index is -6.06. The number of amides is 2. The molecule has 1 fully saturated rings. The second-order valence-electron chi connectivity index (χ2n) is 5.48. The lowest BCUT2D eigenvalue weighted by molar-refractivity contribution is -0.169. The van der Waals surface area contributed by atoms with Crippen molar-refractivity contribution in [2.24, 2.45) is 23.7 Å². The van der Waals surface area contributed by atoms with Crippen molar-refractivity contribution in [3.63, 3.8) is 0 Å². The SMILES string of the molecule is CC(C)C1C(=O)N(OS(=O)(=O)C(F)(F)F)C(=O)C1C(C)C. The number of imide groups is 1. The lowest BCUT2D eigenvalue weighted by Crippen LogP contribution is -2.39. The molecule has 21 heavy (non-hydrogen) atoms. The monoisotopic (exact) mass is 331 g/mol. The first-order valence-corrected chi connectivity index (χ1v) is 7.60. The van der Waals surface area contributed by atoms with Crippen LogP contribution in [0.1, 0.15) is 27.7 Å². The van der Waals surface area contributed by atoms with Gasteiger partial charge in [-0.05, 0) is 11.8 Å². The van der Waals surface area contributed by atoms with E-state index < -0.39 is 39.3 Å². The van der Waals surface area contributed by atoms with Crippen molar-refractivity contribution >= 4 is 21.9 Å². The number of hydrogen-bond acceptors (Lipinski definition) is 5. The van der Waals surface area contributed by atoms with Crippen molar-refractivity contribution in [2.45, 2.75) is 33.2 Å². The fraction of sp³-hybridized carbons (Fsp3) is 0.818. The highest BCUT2D eigenvalue weighted by molar-refractivity contribution is 7.87. The molecule has 0 aromatic carbocycles. The lowest BCUT2D eigenvalue weighted by atomic mass is 9.79. The van der Waals surface area contributed by atoms with Crippen LogP contribution in [0, 0.1) is 23.7 Å². The predicted octanol–water partition coefficient (Wildman–Crippen LogP) is 1.68. The van der Waals surface area contributed by atoms with Crippen LogP contribution < -0.4 is 0 Å². The minimum Gasteiger partial charge on any atom is -0.272 e. The third-order valence-electron chi connectivity index (χ3n) is 3.25. The number of carbonyl (C=O) groups excluding carboxylic acids is 2. The molecule has 0 spiro atoms. The quantitative estimate of drug-likeness (QED) is 0.578. The molecule has 122 valence electrons. The van der Waals surface area contributed by atoms with Gasteiger partial charge in [0.1, 0.15) is 0 Å². The van der Waals surface area contributed by atoms with Crippen LogP contribution in [-0.4, -0.2) is 30.8 Å². The third kappa shape index (κ3) is 3.20. The Bertz CT molecular complexity index is 515. The first-order chi connectivity index (χ1) is 9.31. The number of rotatable bonds is 4. The van der Waals surface area contributed by atoms with E-state index >= 15 is 0 Å². The van der Waals surface area contributed by atoms with E-state index in [4.69, 9.17) is 0 Å². The molecule has 0 aromatic heterocycles. The molecule has 0 N–H and O–H groups in total. The molecule has 1 aliphatic heterocycles. The number of alkyl halides is 3. The van der Waals surface area contributed by atoms with Gasteiger partial charge >= 0.3 is 15.6 Å². The molecule has 2 amide bonds. The molecule has 10 heteroatoms. The van der Waals surface area contributed by atoms with Crippen LogP contribution in [0.2, 0.25) is 0 Å². The van der Waals surface area contributed by atoms with Gasteiger partial charge in [0.2, 0.25) is 0 Å². The smallest absolute Gasteiger partial charge is 0.272 e. The summed E-state index contributed by atoms with van der Waals surface area (Å²) >= 11 is 0. The van der Waals surface area contributed by atoms with Gasteiger partial charge in [-0.15, -0.1) is 9.35 Å². The zero-order chi connectivity index (χ0) is 16.7. The van der Waals surface area contributed by atoms with Crippen LogP contribution in [0.25, 0.3) is 0 Å². The fourth-order valence-electron chi connectivity index (χ4n) is 2.30. The Morgan fingerprint density at radius 2 is 1.33 bits per heavy atom. The highest BCUT2D eigenvalue weighted by Crippen LogP contribution is 2.38. The molecule has 1 heterocycles. The average molecular weight is 331 g/mol. The second kappa shape index (κ2) is 5.56. The van der Waals surface area contributed by atoms with E-state index in [0.29, 0.717) is 0 Å². The molecular weight excluding hydrogens is 315 g/mol. The molecule has 1 aliphatic rings. The number of carbonyl (C=O) groups is 2. The molecule has 1 rings (SSSR count). The van der Waals surface area contributed by atoms with Gasteiger partial charge in [-0.3, -0.25) is 9.59 Å². The van der Waals surface area contributed by atoms with E-state index in [1.807, 2.05) is 0 Å². The van der Waals surface area contributed by atoms with Crippen molar-refractivity contribution in [1.82, 2.24) is 5.06 Å². The largest absolute Gasteiger partial charge is 0.525 e. The molecule has 0 radical (unpaired) electrons. The minimum absolute atomic E-state index is 0.266. The molecular formula is C11H16F3NO5S. The number of halogens is 3. The average Bonchev–Trinajstić information content (AvgIpc) is 2.51. The summed E-state index contributed by atoms with van der Waals surface area (Å²) in [6.45, 7) is 6.47. The van der Waals surface area contributed by atoms with Gasteiger partial charge in [0, 0.05) is 0 Å². The number of hydrogen-bond donors (Lipinski definition) is 0. The summed E-state index contributed by atoms with van der Waals surface area (Å²) in [5.41, 5.74) is -5.71. The molecule has 0 aliphatic carbocycles. The molecule has 0 bridgehead atoms. The van der Waals surface area contributed by atoms with Crippen LogP contribution in [0.3, 0.4) is 0 Å². The Labute approximate surface area is 120 Å². The van der Waals surface area contributed by atoms with E-state index in [9.17, 15) is 31.2 Å². The van der Waals surface area contributed by atoms with E-state index in [1.54, 1.807) is 27.7 Å². The zero-order valence-electron chi connectivity index (χ0n) is 11.8. The van der Waals surface area contributed by atoms with Crippen molar-refractivity contribution in [2.75, 3.05) is 0 Å². The van der Waals surface area contributed by atoms with Crippen LogP contribution >= 0.6 is 0 Å². The molecule has 2 unspecified atom stereocenters. The Morgan fingerprint density at radius 3 is 1.57 bits per heavy atom. The number of hydroxylamine groups is 2. The normalized spacial score (nSPS) is 24.5. The summed E-state index contributed by atoms with van der Waals surface area (Å²) in [6, 6.07) is 0. The van der Waals surface area contributed by atoms with Gasteiger partial charge in [-0.2, -0.15) is 21.6 Å². The van der Waals surface area contributed by atoms with Crippen LogP contribution in [0.4, 0.5) is 13.2 Å². The summed E-state index contributed by atoms with van der Waals surface area (Å²) in [7, 11) is -6.06. The van der Waals surface area contributed by atoms with E-state index in [0.717, 1.165) is 0 Å². The standard InChI is InChI=1S/C11H16F3NO5S/c1-5(2)7-8(6(3)4)10(17)15(9(7)16)20-21(18,19)11(12,13)14/h5-8H,1-4H3. The van der Waals surface area contributed by atoms with E-state index in [-0.39, 0.29) is 16.9 Å². The Balaban J connectivity index is 3.17. The fourth-order valence-corrected chi connectivity index (χ4v) is 2.73. The maximum Gasteiger partial charge on any atom is 0.525 e. The van der Waals surface area contributed by atoms with Crippen molar-refractivity contribution in [3.05, 3.63) is 0 Å². The summed E-state index contributed by atoms with van der Waals surface area (Å²) in [5.74, 6) is -4.67. The molecule has 0 saturated carbocycles. The topological polar surface area (TPSA) is 80.8 Å². The third-order valence-corrected chi connectivity index (χ3v) is 4.16. The summed E-state index contributed by atoms with van der Waals surface area (Å²) in [5, 5.41) is -0.266. The summed E-state index contributed by atoms with van der Waals surface area (Å²) in [4.78, 5) is 24.1. The summed E-state index contributed by atoms with van der Waals surface area (Å²) in [6.07, 6.45) is 0.